The lowest BCUT2D eigenvalue weighted by Gasteiger charge is -2.15. The van der Waals surface area contributed by atoms with Crippen LogP contribution in [0, 0.1) is 0 Å². The molecule has 0 aromatic carbocycles. The van der Waals surface area contributed by atoms with Crippen LogP contribution >= 0.6 is 11.6 Å². The lowest BCUT2D eigenvalue weighted by Crippen LogP contribution is -2.25. The van der Waals surface area contributed by atoms with Gasteiger partial charge in [-0.3, -0.25) is 0 Å². The first-order chi connectivity index (χ1) is 6.31. The van der Waals surface area contributed by atoms with E-state index in [-0.39, 0.29) is 0 Å². The van der Waals surface area contributed by atoms with E-state index in [1.807, 2.05) is 0 Å². The molecule has 0 bridgehead atoms. The Bertz CT molecular complexity index is 104. The van der Waals surface area contributed by atoms with Crippen molar-refractivity contribution in [2.24, 2.45) is 0 Å². The minimum absolute atomic E-state index is 0.577. The normalized spacial score (nSPS) is 11.1. The zero-order chi connectivity index (χ0) is 9.94. The van der Waals surface area contributed by atoms with Crippen molar-refractivity contribution in [3.63, 3.8) is 0 Å². The lowest BCUT2D eigenvalue weighted by molar-refractivity contribution is 0.117. The molecule has 13 heavy (non-hydrogen) atoms. The molecule has 0 fully saturated rings. The topological polar surface area (TPSA) is 21.7 Å². The van der Waals surface area contributed by atoms with Crippen molar-refractivity contribution in [1.82, 2.24) is 4.90 Å². The van der Waals surface area contributed by atoms with Crippen molar-refractivity contribution >= 4 is 11.6 Å². The summed E-state index contributed by atoms with van der Waals surface area (Å²) >= 11 is 5.46. The SMILES string of the molecule is COCCCN(C)CCOCCCl. The van der Waals surface area contributed by atoms with Crippen molar-refractivity contribution in [2.75, 3.05) is 52.9 Å². The summed E-state index contributed by atoms with van der Waals surface area (Å²) < 4.78 is 10.2. The standard InChI is InChI=1S/C9H20ClNO2/c1-11(5-3-7-12-2)6-9-13-8-4-10/h3-9H2,1-2H3. The third-order valence-corrected chi connectivity index (χ3v) is 1.88. The Hall–Kier alpha value is 0.170. The molecule has 4 heteroatoms. The van der Waals surface area contributed by atoms with Gasteiger partial charge in [0.05, 0.1) is 13.2 Å². The van der Waals surface area contributed by atoms with Crippen molar-refractivity contribution in [3.05, 3.63) is 0 Å². The third-order valence-electron chi connectivity index (χ3n) is 1.73. The minimum Gasteiger partial charge on any atom is -0.385 e. The summed E-state index contributed by atoms with van der Waals surface area (Å²) in [7, 11) is 3.81. The van der Waals surface area contributed by atoms with Gasteiger partial charge >= 0.3 is 0 Å². The molecule has 0 aliphatic heterocycles. The van der Waals surface area contributed by atoms with Crippen LogP contribution < -0.4 is 0 Å². The van der Waals surface area contributed by atoms with Crippen molar-refractivity contribution in [1.29, 1.82) is 0 Å². The predicted molar refractivity (Wildman–Crippen MR) is 55.5 cm³/mol. The van der Waals surface area contributed by atoms with Gasteiger partial charge in [0.1, 0.15) is 0 Å². The maximum atomic E-state index is 5.46. The maximum Gasteiger partial charge on any atom is 0.0602 e. The highest BCUT2D eigenvalue weighted by atomic mass is 35.5. The highest BCUT2D eigenvalue weighted by Gasteiger charge is 1.97. The van der Waals surface area contributed by atoms with E-state index in [2.05, 4.69) is 11.9 Å². The Labute approximate surface area is 85.9 Å². The Morgan fingerprint density at radius 1 is 1.15 bits per heavy atom. The van der Waals surface area contributed by atoms with E-state index in [1.165, 1.54) is 0 Å². The molecule has 80 valence electrons. The summed E-state index contributed by atoms with van der Waals surface area (Å²) in [5.41, 5.74) is 0. The van der Waals surface area contributed by atoms with Crippen molar-refractivity contribution in [3.8, 4) is 0 Å². The van der Waals surface area contributed by atoms with Gasteiger partial charge in [-0.15, -0.1) is 11.6 Å². The summed E-state index contributed by atoms with van der Waals surface area (Å²) in [5, 5.41) is 0. The molecular weight excluding hydrogens is 190 g/mol. The van der Waals surface area contributed by atoms with Crippen LogP contribution in [-0.4, -0.2) is 57.8 Å². The van der Waals surface area contributed by atoms with Crippen LogP contribution in [0.15, 0.2) is 0 Å². The molecular formula is C9H20ClNO2. The molecule has 3 nitrogen and oxygen atoms in total. The first kappa shape index (κ1) is 13.2. The quantitative estimate of drug-likeness (QED) is 0.421. The van der Waals surface area contributed by atoms with Gasteiger partial charge in [-0.25, -0.2) is 0 Å². The van der Waals surface area contributed by atoms with Crippen LogP contribution in [-0.2, 0) is 9.47 Å². The number of nitrogens with zero attached hydrogens (tertiary/aromatic N) is 1. The van der Waals surface area contributed by atoms with Crippen LogP contribution in [0.1, 0.15) is 6.42 Å². The first-order valence-corrected chi connectivity index (χ1v) is 5.16. The maximum absolute atomic E-state index is 5.46. The second kappa shape index (κ2) is 10.3. The average Bonchev–Trinajstić information content (AvgIpc) is 2.13. The average molecular weight is 210 g/mol. The van der Waals surface area contributed by atoms with Gasteiger partial charge in [0.2, 0.25) is 0 Å². The summed E-state index contributed by atoms with van der Waals surface area (Å²) in [6, 6.07) is 0. The molecule has 0 aromatic heterocycles. The zero-order valence-corrected chi connectivity index (χ0v) is 9.35. The molecule has 0 spiro atoms. The number of alkyl halides is 1. The Kier molecular flexibility index (Phi) is 10.4. The largest absolute Gasteiger partial charge is 0.385 e. The van der Waals surface area contributed by atoms with Gasteiger partial charge in [-0.2, -0.15) is 0 Å². The molecule has 0 rings (SSSR count). The molecule has 0 radical (unpaired) electrons. The van der Waals surface area contributed by atoms with Crippen molar-refractivity contribution < 1.29 is 9.47 Å². The lowest BCUT2D eigenvalue weighted by atomic mass is 10.4. The first-order valence-electron chi connectivity index (χ1n) is 4.62. The van der Waals surface area contributed by atoms with Gasteiger partial charge in [0, 0.05) is 32.7 Å². The fourth-order valence-corrected chi connectivity index (χ4v) is 1.08. The highest BCUT2D eigenvalue weighted by Crippen LogP contribution is 1.88. The van der Waals surface area contributed by atoms with E-state index in [0.717, 1.165) is 32.7 Å². The number of halogens is 1. The van der Waals surface area contributed by atoms with Gasteiger partial charge in [-0.05, 0) is 13.5 Å². The molecule has 0 N–H and O–H groups in total. The van der Waals surface area contributed by atoms with Crippen LogP contribution in [0.3, 0.4) is 0 Å². The van der Waals surface area contributed by atoms with E-state index in [0.29, 0.717) is 12.5 Å². The Balaban J connectivity index is 3.05. The second-order valence-electron chi connectivity index (χ2n) is 2.95. The van der Waals surface area contributed by atoms with E-state index < -0.39 is 0 Å². The van der Waals surface area contributed by atoms with E-state index in [4.69, 9.17) is 21.1 Å². The third kappa shape index (κ3) is 10.1. The molecule has 0 unspecified atom stereocenters. The summed E-state index contributed by atoms with van der Waals surface area (Å²) in [5.74, 6) is 0.577. The van der Waals surface area contributed by atoms with Crippen molar-refractivity contribution in [2.45, 2.75) is 6.42 Å². The molecule has 0 amide bonds. The van der Waals surface area contributed by atoms with E-state index in [1.54, 1.807) is 7.11 Å². The molecule has 0 aliphatic carbocycles. The number of ether oxygens (including phenoxy) is 2. The molecule has 0 aliphatic rings. The number of hydrogen-bond acceptors (Lipinski definition) is 3. The number of hydrogen-bond donors (Lipinski definition) is 0. The number of rotatable bonds is 9. The van der Waals surface area contributed by atoms with Crippen LogP contribution in [0.2, 0.25) is 0 Å². The molecule has 0 saturated carbocycles. The van der Waals surface area contributed by atoms with Crippen LogP contribution in [0.25, 0.3) is 0 Å². The predicted octanol–water partition coefficient (Wildman–Crippen LogP) is 1.21. The minimum atomic E-state index is 0.577. The Morgan fingerprint density at radius 2 is 1.92 bits per heavy atom. The van der Waals surface area contributed by atoms with E-state index in [9.17, 15) is 0 Å². The van der Waals surface area contributed by atoms with Gasteiger partial charge in [-0.1, -0.05) is 0 Å². The van der Waals surface area contributed by atoms with Gasteiger partial charge in [0.15, 0.2) is 0 Å². The number of methoxy groups -OCH3 is 1. The number of likely N-dealkylation sites (N-methyl/N-ethyl adjacent to an activating group) is 1. The van der Waals surface area contributed by atoms with Gasteiger partial charge < -0.3 is 14.4 Å². The second-order valence-corrected chi connectivity index (χ2v) is 3.33. The van der Waals surface area contributed by atoms with Crippen LogP contribution in [0.4, 0.5) is 0 Å². The molecule has 0 saturated heterocycles. The van der Waals surface area contributed by atoms with E-state index >= 15 is 0 Å². The monoisotopic (exact) mass is 209 g/mol. The summed E-state index contributed by atoms with van der Waals surface area (Å²) in [6.07, 6.45) is 1.07. The fraction of sp³-hybridized carbons (Fsp3) is 1.00. The van der Waals surface area contributed by atoms with Crippen LogP contribution in [0.5, 0.6) is 0 Å². The zero-order valence-electron chi connectivity index (χ0n) is 8.59. The summed E-state index contributed by atoms with van der Waals surface area (Å²) in [4.78, 5) is 2.23. The fourth-order valence-electron chi connectivity index (χ4n) is 0.968. The Morgan fingerprint density at radius 3 is 2.54 bits per heavy atom. The molecule has 0 atom stereocenters. The molecule has 0 aromatic rings. The smallest absolute Gasteiger partial charge is 0.0602 e. The highest BCUT2D eigenvalue weighted by molar-refractivity contribution is 6.17. The van der Waals surface area contributed by atoms with Gasteiger partial charge in [0.25, 0.3) is 0 Å². The molecule has 0 heterocycles. The summed E-state index contributed by atoms with van der Waals surface area (Å²) in [6.45, 7) is 4.25.